The molecular weight excluding hydrogens is 360 g/mol. The van der Waals surface area contributed by atoms with Gasteiger partial charge < -0.3 is 9.80 Å². The van der Waals surface area contributed by atoms with Crippen LogP contribution in [0.4, 0.5) is 0 Å². The molecule has 3 rings (SSSR count). The number of piperidine rings is 1. The van der Waals surface area contributed by atoms with Crippen molar-refractivity contribution in [2.75, 3.05) is 13.1 Å². The average molecular weight is 393 g/mol. The second kappa shape index (κ2) is 10.2. The maximum absolute atomic E-state index is 13.2. The van der Waals surface area contributed by atoms with Gasteiger partial charge in [-0.2, -0.15) is 0 Å². The number of likely N-dealkylation sites (tertiary alicyclic amines) is 1. The second-order valence-corrected chi connectivity index (χ2v) is 8.19. The van der Waals surface area contributed by atoms with Crippen molar-refractivity contribution < 1.29 is 9.59 Å². The Hall–Kier alpha value is -2.62. The number of carbonyl (C=O) groups is 2. The van der Waals surface area contributed by atoms with Crippen LogP contribution in [0.5, 0.6) is 0 Å². The zero-order valence-electron chi connectivity index (χ0n) is 17.6. The summed E-state index contributed by atoms with van der Waals surface area (Å²) < 4.78 is 0. The van der Waals surface area contributed by atoms with Crippen LogP contribution in [0, 0.1) is 5.92 Å². The monoisotopic (exact) mass is 392 g/mol. The maximum Gasteiger partial charge on any atom is 0.226 e. The molecule has 2 amide bonds. The van der Waals surface area contributed by atoms with Crippen LogP contribution in [-0.2, 0) is 22.6 Å². The average Bonchev–Trinajstić information content (AvgIpc) is 2.76. The van der Waals surface area contributed by atoms with Crippen molar-refractivity contribution in [1.82, 2.24) is 9.80 Å². The van der Waals surface area contributed by atoms with Crippen LogP contribution in [0.15, 0.2) is 60.7 Å². The predicted octanol–water partition coefficient (Wildman–Crippen LogP) is 4.30. The molecule has 1 heterocycles. The highest BCUT2D eigenvalue weighted by molar-refractivity contribution is 5.80. The van der Waals surface area contributed by atoms with E-state index in [4.69, 9.17) is 0 Å². The molecule has 29 heavy (non-hydrogen) atoms. The topological polar surface area (TPSA) is 40.6 Å². The minimum Gasteiger partial charge on any atom is -0.343 e. The Morgan fingerprint density at radius 2 is 1.48 bits per heavy atom. The fourth-order valence-electron chi connectivity index (χ4n) is 3.96. The van der Waals surface area contributed by atoms with Gasteiger partial charge >= 0.3 is 0 Å². The molecule has 0 aromatic heterocycles. The van der Waals surface area contributed by atoms with Crippen molar-refractivity contribution in [1.29, 1.82) is 0 Å². The Kier molecular flexibility index (Phi) is 7.45. The highest BCUT2D eigenvalue weighted by Crippen LogP contribution is 2.23. The number of hydrogen-bond acceptors (Lipinski definition) is 2. The summed E-state index contributed by atoms with van der Waals surface area (Å²) in [6, 6.07) is 20.4. The predicted molar refractivity (Wildman–Crippen MR) is 116 cm³/mol. The Morgan fingerprint density at radius 3 is 2.03 bits per heavy atom. The molecule has 2 aromatic carbocycles. The van der Waals surface area contributed by atoms with Crippen LogP contribution < -0.4 is 0 Å². The van der Waals surface area contributed by atoms with Crippen LogP contribution in [0.3, 0.4) is 0 Å². The van der Waals surface area contributed by atoms with E-state index >= 15 is 0 Å². The van der Waals surface area contributed by atoms with Crippen molar-refractivity contribution >= 4 is 11.8 Å². The molecule has 1 fully saturated rings. The standard InChI is InChI=1S/C25H32N2O2/c1-20(2)27(19-22-11-7-4-8-12-22)25(29)23-15-17-26(18-16-23)24(28)14-13-21-9-5-3-6-10-21/h3-12,20,23H,13-19H2,1-2H3. The normalized spacial score (nSPS) is 14.8. The summed E-state index contributed by atoms with van der Waals surface area (Å²) in [5.41, 5.74) is 2.35. The molecule has 0 saturated carbocycles. The lowest BCUT2D eigenvalue weighted by Crippen LogP contribution is -2.46. The molecule has 1 aliphatic heterocycles. The molecule has 0 unspecified atom stereocenters. The Labute approximate surface area is 174 Å². The molecule has 0 aliphatic carbocycles. The maximum atomic E-state index is 13.2. The second-order valence-electron chi connectivity index (χ2n) is 8.19. The van der Waals surface area contributed by atoms with Gasteiger partial charge in [-0.1, -0.05) is 60.7 Å². The lowest BCUT2D eigenvalue weighted by Gasteiger charge is -2.36. The first kappa shape index (κ1) is 21.1. The molecule has 154 valence electrons. The van der Waals surface area contributed by atoms with Crippen LogP contribution in [0.25, 0.3) is 0 Å². The zero-order valence-corrected chi connectivity index (χ0v) is 17.6. The van der Waals surface area contributed by atoms with Crippen LogP contribution in [0.2, 0.25) is 0 Å². The van der Waals surface area contributed by atoms with Crippen molar-refractivity contribution in [3.8, 4) is 0 Å². The molecule has 1 aliphatic rings. The number of aryl methyl sites for hydroxylation is 1. The minimum atomic E-state index is 0.0132. The van der Waals surface area contributed by atoms with E-state index in [2.05, 4.69) is 38.1 Å². The number of nitrogens with zero attached hydrogens (tertiary/aromatic N) is 2. The lowest BCUT2D eigenvalue weighted by molar-refractivity contribution is -0.142. The first-order valence-electron chi connectivity index (χ1n) is 10.7. The van der Waals surface area contributed by atoms with Gasteiger partial charge in [0.05, 0.1) is 0 Å². The third-order valence-electron chi connectivity index (χ3n) is 5.77. The molecule has 0 atom stereocenters. The highest BCUT2D eigenvalue weighted by atomic mass is 16.2. The van der Waals surface area contributed by atoms with Gasteiger partial charge in [-0.15, -0.1) is 0 Å². The van der Waals surface area contributed by atoms with E-state index in [9.17, 15) is 9.59 Å². The number of carbonyl (C=O) groups excluding carboxylic acids is 2. The Balaban J connectivity index is 1.50. The van der Waals surface area contributed by atoms with Crippen LogP contribution >= 0.6 is 0 Å². The minimum absolute atomic E-state index is 0.0132. The fraction of sp³-hybridized carbons (Fsp3) is 0.440. The molecule has 0 spiro atoms. The molecule has 4 nitrogen and oxygen atoms in total. The largest absolute Gasteiger partial charge is 0.343 e. The summed E-state index contributed by atoms with van der Waals surface area (Å²) in [7, 11) is 0. The summed E-state index contributed by atoms with van der Waals surface area (Å²) in [4.78, 5) is 29.6. The lowest BCUT2D eigenvalue weighted by atomic mass is 9.94. The van der Waals surface area contributed by atoms with E-state index in [0.29, 0.717) is 26.1 Å². The van der Waals surface area contributed by atoms with Gasteiger partial charge in [0.2, 0.25) is 11.8 Å². The van der Waals surface area contributed by atoms with Crippen LogP contribution in [-0.4, -0.2) is 40.7 Å². The summed E-state index contributed by atoms with van der Waals surface area (Å²) >= 11 is 0. The number of amides is 2. The Morgan fingerprint density at radius 1 is 0.931 bits per heavy atom. The summed E-state index contributed by atoms with van der Waals surface area (Å²) in [6.45, 7) is 6.16. The number of benzene rings is 2. The fourth-order valence-corrected chi connectivity index (χ4v) is 3.96. The quantitative estimate of drug-likeness (QED) is 0.705. The highest BCUT2D eigenvalue weighted by Gasteiger charge is 2.31. The third kappa shape index (κ3) is 5.93. The molecular formula is C25H32N2O2. The first-order chi connectivity index (χ1) is 14.0. The Bertz CT molecular complexity index is 781. The van der Waals surface area contributed by atoms with Crippen molar-refractivity contribution in [3.05, 3.63) is 71.8 Å². The van der Waals surface area contributed by atoms with Crippen molar-refractivity contribution in [3.63, 3.8) is 0 Å². The molecule has 2 aromatic rings. The van der Waals surface area contributed by atoms with E-state index in [1.807, 2.05) is 46.2 Å². The van der Waals surface area contributed by atoms with E-state index in [1.165, 1.54) is 5.56 Å². The van der Waals surface area contributed by atoms with E-state index in [0.717, 1.165) is 24.8 Å². The molecule has 0 N–H and O–H groups in total. The van der Waals surface area contributed by atoms with Gasteiger partial charge in [0.25, 0.3) is 0 Å². The van der Waals surface area contributed by atoms with E-state index in [-0.39, 0.29) is 23.8 Å². The SMILES string of the molecule is CC(C)N(Cc1ccccc1)C(=O)C1CCN(C(=O)CCc2ccccc2)CC1. The third-order valence-corrected chi connectivity index (χ3v) is 5.77. The molecule has 1 saturated heterocycles. The van der Waals surface area contributed by atoms with Crippen molar-refractivity contribution in [2.24, 2.45) is 5.92 Å². The van der Waals surface area contributed by atoms with Gasteiger partial charge in [0, 0.05) is 38.0 Å². The van der Waals surface area contributed by atoms with Gasteiger partial charge in [0.1, 0.15) is 0 Å². The number of hydrogen-bond donors (Lipinski definition) is 0. The molecule has 4 heteroatoms. The number of rotatable bonds is 7. The zero-order chi connectivity index (χ0) is 20.6. The van der Waals surface area contributed by atoms with Gasteiger partial charge in [-0.05, 0) is 44.2 Å². The summed E-state index contributed by atoms with van der Waals surface area (Å²) in [6.07, 6.45) is 2.83. The van der Waals surface area contributed by atoms with Crippen LogP contribution in [0.1, 0.15) is 44.2 Å². The molecule has 0 bridgehead atoms. The summed E-state index contributed by atoms with van der Waals surface area (Å²) in [5, 5.41) is 0. The first-order valence-corrected chi connectivity index (χ1v) is 10.7. The van der Waals surface area contributed by atoms with E-state index < -0.39 is 0 Å². The van der Waals surface area contributed by atoms with Gasteiger partial charge in [-0.25, -0.2) is 0 Å². The van der Waals surface area contributed by atoms with Crippen molar-refractivity contribution in [2.45, 2.75) is 52.1 Å². The van der Waals surface area contributed by atoms with Gasteiger partial charge in [-0.3, -0.25) is 9.59 Å². The van der Waals surface area contributed by atoms with Gasteiger partial charge in [0.15, 0.2) is 0 Å². The smallest absolute Gasteiger partial charge is 0.226 e. The van der Waals surface area contributed by atoms with E-state index in [1.54, 1.807) is 0 Å². The summed E-state index contributed by atoms with van der Waals surface area (Å²) in [5.74, 6) is 0.435. The molecule has 0 radical (unpaired) electrons.